The molecule has 1 atom stereocenters. The Kier molecular flexibility index (Phi) is 9.78. The Balaban J connectivity index is 1.45. The molecule has 14 heteroatoms. The van der Waals surface area contributed by atoms with Crippen LogP contribution in [0.3, 0.4) is 0 Å². The highest BCUT2D eigenvalue weighted by Gasteiger charge is 2.61. The van der Waals surface area contributed by atoms with Gasteiger partial charge < -0.3 is 24.0 Å². The number of benzene rings is 2. The number of amides is 2. The highest BCUT2D eigenvalue weighted by Crippen LogP contribution is 2.52. The van der Waals surface area contributed by atoms with E-state index < -0.39 is 27.6 Å². The van der Waals surface area contributed by atoms with Crippen LogP contribution >= 0.6 is 0 Å². The van der Waals surface area contributed by atoms with Gasteiger partial charge in [-0.25, -0.2) is 18.2 Å². The fourth-order valence-electron chi connectivity index (χ4n) is 6.86. The molecule has 2 fully saturated rings. The van der Waals surface area contributed by atoms with E-state index in [1.807, 2.05) is 0 Å². The number of pyridine rings is 1. The molecule has 6 rings (SSSR count). The minimum Gasteiger partial charge on any atom is -0.492 e. The Morgan fingerprint density at radius 2 is 1.67 bits per heavy atom. The molecule has 258 valence electrons. The maximum atomic E-state index is 15.1. The number of carbonyl (C=O) groups is 2. The van der Waals surface area contributed by atoms with Crippen LogP contribution in [0.2, 0.25) is 0 Å². The van der Waals surface area contributed by atoms with E-state index >= 15 is 4.79 Å². The number of piperidine rings is 1. The first kappa shape index (κ1) is 34.2. The number of nitriles is 1. The maximum absolute atomic E-state index is 15.1. The summed E-state index contributed by atoms with van der Waals surface area (Å²) in [6.45, 7) is 7.81. The Morgan fingerprint density at radius 3 is 2.37 bits per heavy atom. The molecule has 1 aromatic heterocycles. The van der Waals surface area contributed by atoms with Crippen molar-refractivity contribution in [2.24, 2.45) is 0 Å². The number of anilines is 1. The molecule has 1 unspecified atom stereocenters. The molecule has 49 heavy (non-hydrogen) atoms. The topological polar surface area (TPSA) is 146 Å². The number of rotatable bonds is 9. The predicted octanol–water partition coefficient (Wildman–Crippen LogP) is 3.58. The zero-order chi connectivity index (χ0) is 34.8. The van der Waals surface area contributed by atoms with Crippen molar-refractivity contribution in [2.75, 3.05) is 63.8 Å². The molecule has 2 aromatic carbocycles. The van der Waals surface area contributed by atoms with Crippen molar-refractivity contribution in [1.29, 1.82) is 5.26 Å². The summed E-state index contributed by atoms with van der Waals surface area (Å²) in [5.74, 6) is -1.03. The molecule has 0 radical (unpaired) electrons. The highest BCUT2D eigenvalue weighted by molar-refractivity contribution is 7.93. The first-order chi connectivity index (χ1) is 23.6. The van der Waals surface area contributed by atoms with Crippen LogP contribution in [0.4, 0.5) is 10.5 Å². The van der Waals surface area contributed by atoms with Crippen LogP contribution in [0.15, 0.2) is 65.7 Å². The average Bonchev–Trinajstić information content (AvgIpc) is 3.36. The van der Waals surface area contributed by atoms with Gasteiger partial charge in [0.05, 0.1) is 36.1 Å². The Bertz CT molecular complexity index is 1870. The molecule has 3 aromatic rings. The molecule has 4 heterocycles. The maximum Gasteiger partial charge on any atom is 0.411 e. The van der Waals surface area contributed by atoms with Crippen LogP contribution < -0.4 is 13.8 Å². The van der Waals surface area contributed by atoms with Crippen LogP contribution in [-0.2, 0) is 25.2 Å². The van der Waals surface area contributed by atoms with Gasteiger partial charge in [-0.3, -0.25) is 9.69 Å². The van der Waals surface area contributed by atoms with Gasteiger partial charge in [-0.15, -0.1) is 0 Å². The van der Waals surface area contributed by atoms with Crippen molar-refractivity contribution in [3.8, 4) is 17.7 Å². The van der Waals surface area contributed by atoms with Gasteiger partial charge in [0.15, 0.2) is 0 Å². The van der Waals surface area contributed by atoms with Gasteiger partial charge in [0.2, 0.25) is 5.88 Å². The largest absolute Gasteiger partial charge is 0.492 e. The summed E-state index contributed by atoms with van der Waals surface area (Å²) in [7, 11) is -2.55. The number of piperazine rings is 1. The van der Waals surface area contributed by atoms with E-state index in [1.54, 1.807) is 26.0 Å². The summed E-state index contributed by atoms with van der Waals surface area (Å²) in [5, 5.41) is 9.90. The number of ether oxygens (including phenoxy) is 3. The molecule has 13 nitrogen and oxygen atoms in total. The molecule has 0 aliphatic carbocycles. The lowest BCUT2D eigenvalue weighted by Crippen LogP contribution is -2.55. The molecule has 0 saturated carbocycles. The standard InChI is InChI=1S/C35H40N6O7S/c1-4-46-30-10-6-7-11-31(30)49(44,45)41-29-13-12-25(24-36)23-28(29)35(33(41)42,27-9-8-16-37-32(27)47-5-2)48-34(43)40-21-19-39(20-22-40)26-14-17-38(3)18-15-26/h6-13,16,23,26H,4-5,14-15,17-22H2,1-3H3. The number of hydrogen-bond acceptors (Lipinski definition) is 11. The second-order valence-corrected chi connectivity index (χ2v) is 13.9. The summed E-state index contributed by atoms with van der Waals surface area (Å²) >= 11 is 0. The number of sulfonamides is 1. The lowest BCUT2D eigenvalue weighted by Gasteiger charge is -2.42. The third-order valence-corrected chi connectivity index (χ3v) is 11.1. The van der Waals surface area contributed by atoms with E-state index in [-0.39, 0.29) is 52.1 Å². The second kappa shape index (κ2) is 14.0. The van der Waals surface area contributed by atoms with E-state index in [0.717, 1.165) is 25.9 Å². The molecule has 2 saturated heterocycles. The first-order valence-electron chi connectivity index (χ1n) is 16.5. The summed E-state index contributed by atoms with van der Waals surface area (Å²) in [5.41, 5.74) is -2.26. The van der Waals surface area contributed by atoms with Crippen molar-refractivity contribution in [3.05, 3.63) is 77.5 Å². The number of aromatic nitrogens is 1. The smallest absolute Gasteiger partial charge is 0.411 e. The molecule has 3 aliphatic heterocycles. The first-order valence-corrected chi connectivity index (χ1v) is 17.9. The number of likely N-dealkylation sites (tertiary alicyclic amines) is 1. The van der Waals surface area contributed by atoms with Gasteiger partial charge in [-0.05, 0) is 89.3 Å². The van der Waals surface area contributed by atoms with E-state index in [4.69, 9.17) is 14.2 Å². The van der Waals surface area contributed by atoms with Crippen molar-refractivity contribution < 1.29 is 32.2 Å². The quantitative estimate of drug-likeness (QED) is 0.325. The number of para-hydroxylation sites is 1. The van der Waals surface area contributed by atoms with Crippen molar-refractivity contribution in [3.63, 3.8) is 0 Å². The summed E-state index contributed by atoms with van der Waals surface area (Å²) in [6.07, 6.45) is 2.76. The molecule has 2 amide bonds. The van der Waals surface area contributed by atoms with Crippen molar-refractivity contribution in [1.82, 2.24) is 19.7 Å². The fourth-order valence-corrected chi connectivity index (χ4v) is 8.45. The van der Waals surface area contributed by atoms with E-state index in [1.165, 1.54) is 53.6 Å². The van der Waals surface area contributed by atoms with Gasteiger partial charge in [0.25, 0.3) is 21.5 Å². The Hall–Kier alpha value is -4.71. The van der Waals surface area contributed by atoms with Crippen LogP contribution in [0, 0.1) is 11.3 Å². The fraction of sp³-hybridized carbons (Fsp3) is 0.429. The SMILES string of the molecule is CCOc1ccccc1S(=O)(=O)N1C(=O)C(OC(=O)N2CCN(C3CCN(C)CC3)CC2)(c2cccnc2OCC)c2cc(C#N)ccc21. The zero-order valence-corrected chi connectivity index (χ0v) is 28.7. The lowest BCUT2D eigenvalue weighted by atomic mass is 9.87. The highest BCUT2D eigenvalue weighted by atomic mass is 32.2. The summed E-state index contributed by atoms with van der Waals surface area (Å²) in [4.78, 5) is 39.6. The van der Waals surface area contributed by atoms with Gasteiger partial charge in [-0.2, -0.15) is 9.57 Å². The third kappa shape index (κ3) is 6.18. The zero-order valence-electron chi connectivity index (χ0n) is 27.9. The molecule has 0 bridgehead atoms. The molecule has 3 aliphatic rings. The van der Waals surface area contributed by atoms with Gasteiger partial charge in [0, 0.05) is 44.0 Å². The Morgan fingerprint density at radius 1 is 0.959 bits per heavy atom. The van der Waals surface area contributed by atoms with Crippen LogP contribution in [0.1, 0.15) is 43.4 Å². The summed E-state index contributed by atoms with van der Waals surface area (Å²) in [6, 6.07) is 15.7. The van der Waals surface area contributed by atoms with Gasteiger partial charge >= 0.3 is 6.09 Å². The monoisotopic (exact) mass is 688 g/mol. The molecule has 0 N–H and O–H groups in total. The lowest BCUT2D eigenvalue weighted by molar-refractivity contribution is -0.132. The third-order valence-electron chi connectivity index (χ3n) is 9.33. The number of hydrogen-bond donors (Lipinski definition) is 0. The van der Waals surface area contributed by atoms with Gasteiger partial charge in [0.1, 0.15) is 10.6 Å². The van der Waals surface area contributed by atoms with Gasteiger partial charge in [-0.1, -0.05) is 12.1 Å². The molecule has 0 spiro atoms. The van der Waals surface area contributed by atoms with E-state index in [0.29, 0.717) is 36.5 Å². The summed E-state index contributed by atoms with van der Waals surface area (Å²) < 4.78 is 47.5. The number of carbonyl (C=O) groups excluding carboxylic acids is 2. The number of nitrogens with zero attached hydrogens (tertiary/aromatic N) is 6. The van der Waals surface area contributed by atoms with Crippen molar-refractivity contribution >= 4 is 27.7 Å². The average molecular weight is 689 g/mol. The number of fused-ring (bicyclic) bond motifs is 1. The van der Waals surface area contributed by atoms with E-state index in [9.17, 15) is 18.5 Å². The van der Waals surface area contributed by atoms with Crippen LogP contribution in [-0.4, -0.2) is 106 Å². The van der Waals surface area contributed by atoms with Crippen molar-refractivity contribution in [2.45, 2.75) is 43.2 Å². The predicted molar refractivity (Wildman–Crippen MR) is 180 cm³/mol. The Labute approximate surface area is 286 Å². The molecular weight excluding hydrogens is 648 g/mol. The van der Waals surface area contributed by atoms with Crippen LogP contribution in [0.5, 0.6) is 11.6 Å². The normalized spacial score (nSPS) is 20.5. The minimum atomic E-state index is -4.66. The second-order valence-electron chi connectivity index (χ2n) is 12.2. The van der Waals surface area contributed by atoms with Crippen LogP contribution in [0.25, 0.3) is 0 Å². The van der Waals surface area contributed by atoms with E-state index in [2.05, 4.69) is 27.9 Å². The molecular formula is C35H40N6O7S. The minimum absolute atomic E-state index is 0.00119.